The first-order valence-electron chi connectivity index (χ1n) is 7.63. The molecule has 0 spiro atoms. The van der Waals surface area contributed by atoms with Crippen LogP contribution in [0, 0.1) is 13.8 Å². The standard InChI is InChI=1S/C18H13BrN2O3S/c1-8-13-14(16(22)17(23)18-15(13)20-9(2)25-18)12(21(8)24)7-10-4-3-5-11(19)6-10/h3-6,24H,7H2,1-2H3. The van der Waals surface area contributed by atoms with E-state index in [1.54, 1.807) is 13.8 Å². The fourth-order valence-electron chi connectivity index (χ4n) is 3.24. The van der Waals surface area contributed by atoms with Crippen LogP contribution in [-0.2, 0) is 6.42 Å². The summed E-state index contributed by atoms with van der Waals surface area (Å²) in [6, 6.07) is 7.62. The van der Waals surface area contributed by atoms with E-state index in [4.69, 9.17) is 0 Å². The number of Topliss-reactive ketones (excluding diaryl/α,β-unsaturated/α-hetero) is 2. The van der Waals surface area contributed by atoms with Gasteiger partial charge in [-0.1, -0.05) is 28.1 Å². The maximum absolute atomic E-state index is 12.7. The molecule has 4 rings (SSSR count). The summed E-state index contributed by atoms with van der Waals surface area (Å²) in [4.78, 5) is 30.0. The Morgan fingerprint density at radius 3 is 2.68 bits per heavy atom. The van der Waals surface area contributed by atoms with Crippen molar-refractivity contribution in [1.82, 2.24) is 9.71 Å². The molecule has 2 aromatic heterocycles. The normalized spacial score (nSPS) is 13.1. The highest BCUT2D eigenvalue weighted by Crippen LogP contribution is 2.41. The molecule has 0 amide bonds. The minimum absolute atomic E-state index is 0.266. The predicted octanol–water partition coefficient (Wildman–Crippen LogP) is 4.20. The molecule has 1 aliphatic rings. The number of ketones is 2. The number of aromatic nitrogens is 2. The highest BCUT2D eigenvalue weighted by atomic mass is 79.9. The zero-order valence-corrected chi connectivity index (χ0v) is 15.9. The summed E-state index contributed by atoms with van der Waals surface area (Å²) in [5, 5.41) is 11.3. The van der Waals surface area contributed by atoms with E-state index in [0.29, 0.717) is 33.9 Å². The molecule has 3 aromatic rings. The third-order valence-electron chi connectivity index (χ3n) is 4.34. The number of benzene rings is 1. The molecule has 1 aliphatic carbocycles. The van der Waals surface area contributed by atoms with E-state index in [-0.39, 0.29) is 5.56 Å². The van der Waals surface area contributed by atoms with Gasteiger partial charge in [-0.15, -0.1) is 11.3 Å². The quantitative estimate of drug-likeness (QED) is 0.501. The molecule has 25 heavy (non-hydrogen) atoms. The van der Waals surface area contributed by atoms with Crippen molar-refractivity contribution in [2.75, 3.05) is 0 Å². The van der Waals surface area contributed by atoms with Crippen molar-refractivity contribution in [3.05, 3.63) is 61.1 Å². The summed E-state index contributed by atoms with van der Waals surface area (Å²) < 4.78 is 1.92. The van der Waals surface area contributed by atoms with Gasteiger partial charge >= 0.3 is 0 Å². The Morgan fingerprint density at radius 1 is 1.20 bits per heavy atom. The Bertz CT molecular complexity index is 1060. The molecule has 1 aromatic carbocycles. The maximum atomic E-state index is 12.7. The van der Waals surface area contributed by atoms with Gasteiger partial charge in [-0.2, -0.15) is 4.73 Å². The third-order valence-corrected chi connectivity index (χ3v) is 5.81. The van der Waals surface area contributed by atoms with Crippen molar-refractivity contribution in [2.24, 2.45) is 0 Å². The van der Waals surface area contributed by atoms with Gasteiger partial charge < -0.3 is 5.21 Å². The Balaban J connectivity index is 1.95. The second kappa shape index (κ2) is 5.64. The Hall–Kier alpha value is -2.25. The minimum Gasteiger partial charge on any atom is -0.428 e. The molecule has 126 valence electrons. The first kappa shape index (κ1) is 16.2. The number of carbonyl (C=O) groups excluding carboxylic acids is 2. The average Bonchev–Trinajstić information content (AvgIpc) is 3.06. The molecule has 0 saturated carbocycles. The summed E-state index contributed by atoms with van der Waals surface area (Å²) >= 11 is 4.64. The lowest BCUT2D eigenvalue weighted by Crippen LogP contribution is -2.20. The van der Waals surface area contributed by atoms with Crippen LogP contribution in [0.4, 0.5) is 0 Å². The van der Waals surface area contributed by atoms with E-state index in [9.17, 15) is 14.8 Å². The summed E-state index contributed by atoms with van der Waals surface area (Å²) in [6.45, 7) is 3.53. The number of nitrogens with zero attached hydrogens (tertiary/aromatic N) is 2. The molecule has 7 heteroatoms. The number of rotatable bonds is 2. The van der Waals surface area contributed by atoms with Gasteiger partial charge in [0, 0.05) is 16.5 Å². The van der Waals surface area contributed by atoms with Crippen LogP contribution in [0.25, 0.3) is 11.3 Å². The van der Waals surface area contributed by atoms with Crippen LogP contribution < -0.4 is 0 Å². The van der Waals surface area contributed by atoms with Crippen molar-refractivity contribution < 1.29 is 14.8 Å². The SMILES string of the molecule is Cc1nc2c(s1)C(=O)C(=O)c1c-2c(C)n(O)c1Cc1cccc(Br)c1. The fourth-order valence-corrected chi connectivity index (χ4v) is 4.55. The van der Waals surface area contributed by atoms with Gasteiger partial charge in [-0.3, -0.25) is 9.59 Å². The van der Waals surface area contributed by atoms with E-state index in [0.717, 1.165) is 19.8 Å². The monoisotopic (exact) mass is 416 g/mol. The molecule has 0 saturated heterocycles. The molecule has 2 heterocycles. The molecule has 0 aliphatic heterocycles. The lowest BCUT2D eigenvalue weighted by atomic mass is 9.90. The number of halogens is 1. The number of fused-ring (bicyclic) bond motifs is 3. The van der Waals surface area contributed by atoms with Crippen LogP contribution in [0.5, 0.6) is 0 Å². The molecule has 0 bridgehead atoms. The number of hydrogen-bond acceptors (Lipinski definition) is 5. The zero-order valence-electron chi connectivity index (χ0n) is 13.5. The van der Waals surface area contributed by atoms with E-state index in [2.05, 4.69) is 20.9 Å². The van der Waals surface area contributed by atoms with Gasteiger partial charge in [0.15, 0.2) is 0 Å². The maximum Gasteiger partial charge on any atom is 0.245 e. The molecular weight excluding hydrogens is 404 g/mol. The summed E-state index contributed by atoms with van der Waals surface area (Å²) in [5.74, 6) is -1.12. The molecular formula is C18H13BrN2O3S. The highest BCUT2D eigenvalue weighted by molar-refractivity contribution is 9.10. The van der Waals surface area contributed by atoms with Gasteiger partial charge in [-0.25, -0.2) is 4.98 Å². The van der Waals surface area contributed by atoms with E-state index in [1.165, 1.54) is 11.3 Å². The lowest BCUT2D eigenvalue weighted by molar-refractivity contribution is 0.0815. The van der Waals surface area contributed by atoms with Gasteiger partial charge in [0.05, 0.1) is 27.7 Å². The second-order valence-corrected chi connectivity index (χ2v) is 8.09. The molecule has 1 N–H and O–H groups in total. The molecule has 0 atom stereocenters. The molecule has 5 nitrogen and oxygen atoms in total. The van der Waals surface area contributed by atoms with Gasteiger partial charge in [0.1, 0.15) is 4.88 Å². The summed E-state index contributed by atoms with van der Waals surface area (Å²) in [5.41, 5.74) is 3.19. The van der Waals surface area contributed by atoms with Crippen LogP contribution in [0.1, 0.15) is 42.0 Å². The summed E-state index contributed by atoms with van der Waals surface area (Å²) in [7, 11) is 0. The summed E-state index contributed by atoms with van der Waals surface area (Å²) in [6.07, 6.45) is 0.337. The van der Waals surface area contributed by atoms with Crippen molar-refractivity contribution in [2.45, 2.75) is 20.3 Å². The van der Waals surface area contributed by atoms with Crippen molar-refractivity contribution in [3.8, 4) is 11.3 Å². The minimum atomic E-state index is -0.577. The van der Waals surface area contributed by atoms with Gasteiger partial charge in [0.25, 0.3) is 0 Å². The first-order chi connectivity index (χ1) is 11.9. The number of aryl methyl sites for hydroxylation is 1. The van der Waals surface area contributed by atoms with Crippen LogP contribution in [0.2, 0.25) is 0 Å². The van der Waals surface area contributed by atoms with E-state index in [1.807, 2.05) is 24.3 Å². The van der Waals surface area contributed by atoms with Gasteiger partial charge in [0.2, 0.25) is 11.6 Å². The first-order valence-corrected chi connectivity index (χ1v) is 9.24. The average molecular weight is 417 g/mol. The smallest absolute Gasteiger partial charge is 0.245 e. The highest BCUT2D eigenvalue weighted by Gasteiger charge is 2.39. The Morgan fingerprint density at radius 2 is 1.96 bits per heavy atom. The number of hydrogen-bond donors (Lipinski definition) is 1. The second-order valence-electron chi connectivity index (χ2n) is 5.97. The topological polar surface area (TPSA) is 72.2 Å². The van der Waals surface area contributed by atoms with Crippen LogP contribution in [-0.4, -0.2) is 26.5 Å². The van der Waals surface area contributed by atoms with Gasteiger partial charge in [-0.05, 0) is 31.5 Å². The lowest BCUT2D eigenvalue weighted by Gasteiger charge is -2.11. The molecule has 0 radical (unpaired) electrons. The van der Waals surface area contributed by atoms with Crippen LogP contribution in [0.15, 0.2) is 28.7 Å². The van der Waals surface area contributed by atoms with Crippen molar-refractivity contribution in [1.29, 1.82) is 0 Å². The Labute approximate surface area is 156 Å². The Kier molecular flexibility index (Phi) is 3.66. The molecule has 0 fully saturated rings. The van der Waals surface area contributed by atoms with Crippen LogP contribution in [0.3, 0.4) is 0 Å². The predicted molar refractivity (Wildman–Crippen MR) is 97.8 cm³/mol. The van der Waals surface area contributed by atoms with E-state index < -0.39 is 11.6 Å². The van der Waals surface area contributed by atoms with Crippen LogP contribution >= 0.6 is 27.3 Å². The fraction of sp³-hybridized carbons (Fsp3) is 0.167. The molecule has 0 unspecified atom stereocenters. The van der Waals surface area contributed by atoms with E-state index >= 15 is 0 Å². The number of thiazole rings is 1. The largest absolute Gasteiger partial charge is 0.428 e. The van der Waals surface area contributed by atoms with Crippen molar-refractivity contribution in [3.63, 3.8) is 0 Å². The zero-order chi connectivity index (χ0) is 17.9. The third kappa shape index (κ3) is 2.38. The number of carbonyl (C=O) groups is 2. The van der Waals surface area contributed by atoms with Crippen molar-refractivity contribution >= 4 is 38.8 Å².